The van der Waals surface area contributed by atoms with Crippen LogP contribution in [0.15, 0.2) is 0 Å². The Morgan fingerprint density at radius 2 is 1.94 bits per heavy atom. The van der Waals surface area contributed by atoms with Gasteiger partial charge in [-0.15, -0.1) is 0 Å². The standard InChI is InChI=1S/C15H30N2O/c1-15(2,3)12-5-4-11(9-16)14(8-12)17-7-6-13(18)10-17/h11-14,18H,4-10,16H2,1-3H3. The topological polar surface area (TPSA) is 49.5 Å². The minimum Gasteiger partial charge on any atom is -0.392 e. The number of hydrogen-bond donors (Lipinski definition) is 2. The van der Waals surface area contributed by atoms with E-state index >= 15 is 0 Å². The van der Waals surface area contributed by atoms with Crippen molar-refractivity contribution in [3.63, 3.8) is 0 Å². The number of aliphatic hydroxyl groups excluding tert-OH is 1. The molecule has 1 aliphatic carbocycles. The molecule has 1 saturated carbocycles. The van der Waals surface area contributed by atoms with Crippen molar-refractivity contribution in [3.05, 3.63) is 0 Å². The molecular weight excluding hydrogens is 224 g/mol. The highest BCUT2D eigenvalue weighted by Gasteiger charge is 2.39. The van der Waals surface area contributed by atoms with Crippen LogP contribution in [0.2, 0.25) is 0 Å². The van der Waals surface area contributed by atoms with Gasteiger partial charge in [-0.05, 0) is 49.5 Å². The van der Waals surface area contributed by atoms with Crippen LogP contribution in [0.1, 0.15) is 46.5 Å². The second kappa shape index (κ2) is 5.48. The summed E-state index contributed by atoms with van der Waals surface area (Å²) in [4.78, 5) is 2.50. The van der Waals surface area contributed by atoms with Gasteiger partial charge in [-0.25, -0.2) is 0 Å². The lowest BCUT2D eigenvalue weighted by molar-refractivity contribution is 0.0503. The first kappa shape index (κ1) is 14.3. The minimum atomic E-state index is -0.113. The molecule has 0 amide bonds. The molecule has 3 N–H and O–H groups in total. The summed E-state index contributed by atoms with van der Waals surface area (Å²) in [7, 11) is 0. The Morgan fingerprint density at radius 1 is 1.22 bits per heavy atom. The Balaban J connectivity index is 2.04. The van der Waals surface area contributed by atoms with Crippen LogP contribution in [-0.2, 0) is 0 Å². The van der Waals surface area contributed by atoms with Crippen LogP contribution >= 0.6 is 0 Å². The average Bonchev–Trinajstić information content (AvgIpc) is 2.73. The maximum absolute atomic E-state index is 9.74. The molecule has 2 aliphatic rings. The van der Waals surface area contributed by atoms with Crippen LogP contribution < -0.4 is 5.73 Å². The van der Waals surface area contributed by atoms with E-state index in [0.717, 1.165) is 32.0 Å². The maximum atomic E-state index is 9.74. The van der Waals surface area contributed by atoms with Crippen LogP contribution in [-0.4, -0.2) is 41.8 Å². The average molecular weight is 254 g/mol. The summed E-state index contributed by atoms with van der Waals surface area (Å²) < 4.78 is 0. The molecule has 0 aromatic carbocycles. The van der Waals surface area contributed by atoms with Gasteiger partial charge < -0.3 is 10.8 Å². The van der Waals surface area contributed by atoms with Gasteiger partial charge in [-0.2, -0.15) is 0 Å². The maximum Gasteiger partial charge on any atom is 0.0679 e. The van der Waals surface area contributed by atoms with Gasteiger partial charge in [0.2, 0.25) is 0 Å². The first-order valence-electron chi connectivity index (χ1n) is 7.54. The highest BCUT2D eigenvalue weighted by molar-refractivity contribution is 4.93. The smallest absolute Gasteiger partial charge is 0.0679 e. The number of nitrogens with two attached hydrogens (primary N) is 1. The summed E-state index contributed by atoms with van der Waals surface area (Å²) >= 11 is 0. The van der Waals surface area contributed by atoms with E-state index in [9.17, 15) is 5.11 Å². The fourth-order valence-corrected chi connectivity index (χ4v) is 3.79. The third-order valence-corrected chi connectivity index (χ3v) is 5.15. The first-order valence-corrected chi connectivity index (χ1v) is 7.54. The van der Waals surface area contributed by atoms with Gasteiger partial charge >= 0.3 is 0 Å². The van der Waals surface area contributed by atoms with Crippen molar-refractivity contribution in [2.24, 2.45) is 23.0 Å². The highest BCUT2D eigenvalue weighted by atomic mass is 16.3. The van der Waals surface area contributed by atoms with E-state index in [-0.39, 0.29) is 6.10 Å². The molecule has 3 nitrogen and oxygen atoms in total. The van der Waals surface area contributed by atoms with E-state index in [1.165, 1.54) is 19.3 Å². The van der Waals surface area contributed by atoms with Gasteiger partial charge in [-0.3, -0.25) is 4.90 Å². The molecule has 3 heteroatoms. The molecule has 0 radical (unpaired) electrons. The molecular formula is C15H30N2O. The highest BCUT2D eigenvalue weighted by Crippen LogP contribution is 2.42. The summed E-state index contributed by atoms with van der Waals surface area (Å²) in [6.45, 7) is 9.79. The Kier molecular flexibility index (Phi) is 4.35. The monoisotopic (exact) mass is 254 g/mol. The molecule has 2 rings (SSSR count). The molecule has 1 saturated heterocycles. The van der Waals surface area contributed by atoms with Crippen molar-refractivity contribution in [2.45, 2.75) is 58.6 Å². The van der Waals surface area contributed by atoms with Crippen molar-refractivity contribution >= 4 is 0 Å². The molecule has 1 aliphatic heterocycles. The molecule has 4 unspecified atom stereocenters. The Morgan fingerprint density at radius 3 is 2.44 bits per heavy atom. The van der Waals surface area contributed by atoms with Crippen molar-refractivity contribution in [2.75, 3.05) is 19.6 Å². The molecule has 0 aromatic rings. The predicted molar refractivity (Wildman–Crippen MR) is 75.3 cm³/mol. The zero-order chi connectivity index (χ0) is 13.3. The summed E-state index contributed by atoms with van der Waals surface area (Å²) in [5, 5.41) is 9.74. The fraction of sp³-hybridized carbons (Fsp3) is 1.00. The largest absolute Gasteiger partial charge is 0.392 e. The minimum absolute atomic E-state index is 0.113. The molecule has 18 heavy (non-hydrogen) atoms. The Hall–Kier alpha value is -0.120. The zero-order valence-electron chi connectivity index (χ0n) is 12.2. The summed E-state index contributed by atoms with van der Waals surface area (Å²) in [6.07, 6.45) is 4.67. The second-order valence-electron chi connectivity index (χ2n) is 7.38. The third kappa shape index (κ3) is 3.06. The van der Waals surface area contributed by atoms with Gasteiger partial charge in [0.25, 0.3) is 0 Å². The van der Waals surface area contributed by atoms with E-state index in [1.807, 2.05) is 0 Å². The molecule has 0 spiro atoms. The molecule has 0 aromatic heterocycles. The van der Waals surface area contributed by atoms with E-state index < -0.39 is 0 Å². The van der Waals surface area contributed by atoms with Gasteiger partial charge in [-0.1, -0.05) is 20.8 Å². The van der Waals surface area contributed by atoms with Crippen LogP contribution in [0.25, 0.3) is 0 Å². The number of β-amino-alcohol motifs (C(OH)–C–C–N with tert-alkyl or cyclic N) is 1. The number of hydrogen-bond acceptors (Lipinski definition) is 3. The third-order valence-electron chi connectivity index (χ3n) is 5.15. The van der Waals surface area contributed by atoms with Crippen molar-refractivity contribution in [1.29, 1.82) is 0 Å². The predicted octanol–water partition coefficient (Wildman–Crippen LogP) is 1.84. The number of likely N-dealkylation sites (tertiary alicyclic amines) is 1. The lowest BCUT2D eigenvalue weighted by Gasteiger charge is -2.45. The first-order chi connectivity index (χ1) is 8.41. The van der Waals surface area contributed by atoms with E-state index in [2.05, 4.69) is 25.7 Å². The van der Waals surface area contributed by atoms with Crippen molar-refractivity contribution in [1.82, 2.24) is 4.90 Å². The van der Waals surface area contributed by atoms with Crippen LogP contribution in [0.4, 0.5) is 0 Å². The molecule has 2 fully saturated rings. The van der Waals surface area contributed by atoms with E-state index in [0.29, 0.717) is 17.4 Å². The SMILES string of the molecule is CC(C)(C)C1CCC(CN)C(N2CCC(O)C2)C1. The Bertz CT molecular complexity index is 274. The van der Waals surface area contributed by atoms with Crippen LogP contribution in [0.3, 0.4) is 0 Å². The zero-order valence-corrected chi connectivity index (χ0v) is 12.2. The fourth-order valence-electron chi connectivity index (χ4n) is 3.79. The normalized spacial score (nSPS) is 39.2. The van der Waals surface area contributed by atoms with Gasteiger partial charge in [0, 0.05) is 19.1 Å². The van der Waals surface area contributed by atoms with Crippen LogP contribution in [0, 0.1) is 17.3 Å². The van der Waals surface area contributed by atoms with Crippen LogP contribution in [0.5, 0.6) is 0 Å². The summed E-state index contributed by atoms with van der Waals surface area (Å²) in [5.74, 6) is 1.43. The molecule has 1 heterocycles. The number of rotatable bonds is 2. The number of nitrogens with zero attached hydrogens (tertiary/aromatic N) is 1. The van der Waals surface area contributed by atoms with E-state index in [4.69, 9.17) is 5.73 Å². The Labute approximate surface area is 112 Å². The second-order valence-corrected chi connectivity index (χ2v) is 7.38. The lowest BCUT2D eigenvalue weighted by atomic mass is 9.67. The molecule has 106 valence electrons. The van der Waals surface area contributed by atoms with Gasteiger partial charge in [0.15, 0.2) is 0 Å². The lowest BCUT2D eigenvalue weighted by Crippen LogP contribution is -2.48. The molecule has 4 atom stereocenters. The van der Waals surface area contributed by atoms with Crippen molar-refractivity contribution < 1.29 is 5.11 Å². The van der Waals surface area contributed by atoms with Crippen molar-refractivity contribution in [3.8, 4) is 0 Å². The van der Waals surface area contributed by atoms with Gasteiger partial charge in [0.1, 0.15) is 0 Å². The number of aliphatic hydroxyl groups is 1. The summed E-state index contributed by atoms with van der Waals surface area (Å²) in [6, 6.07) is 0.602. The molecule has 0 bridgehead atoms. The quantitative estimate of drug-likeness (QED) is 0.790. The summed E-state index contributed by atoms with van der Waals surface area (Å²) in [5.41, 5.74) is 6.36. The van der Waals surface area contributed by atoms with Gasteiger partial charge in [0.05, 0.1) is 6.10 Å². The van der Waals surface area contributed by atoms with E-state index in [1.54, 1.807) is 0 Å².